The van der Waals surface area contributed by atoms with Crippen LogP contribution in [0.15, 0.2) is 0 Å². The first-order chi connectivity index (χ1) is 12.3. The molecular weight excluding hydrogens is 310 g/mol. The molecule has 4 nitrogen and oxygen atoms in total. The molecule has 2 saturated carbocycles. The Morgan fingerprint density at radius 2 is 1.60 bits per heavy atom. The summed E-state index contributed by atoms with van der Waals surface area (Å²) < 4.78 is 0. The highest BCUT2D eigenvalue weighted by molar-refractivity contribution is 5.80. The average Bonchev–Trinajstić information content (AvgIpc) is 3.28. The zero-order chi connectivity index (χ0) is 17.1. The number of piperidine rings is 1. The van der Waals surface area contributed by atoms with E-state index in [0.717, 1.165) is 38.5 Å². The van der Waals surface area contributed by atoms with Crippen molar-refractivity contribution in [2.45, 2.75) is 82.7 Å². The molecule has 4 rings (SSSR count). The normalized spacial score (nSPS) is 29.8. The van der Waals surface area contributed by atoms with Crippen molar-refractivity contribution in [3.63, 3.8) is 0 Å². The van der Waals surface area contributed by atoms with Gasteiger partial charge in [0.25, 0.3) is 0 Å². The first-order valence-corrected chi connectivity index (χ1v) is 11.1. The molecule has 0 aromatic rings. The van der Waals surface area contributed by atoms with Crippen molar-refractivity contribution < 1.29 is 4.79 Å². The van der Waals surface area contributed by atoms with Crippen molar-refractivity contribution in [3.05, 3.63) is 0 Å². The molecule has 2 saturated heterocycles. The molecule has 4 fully saturated rings. The van der Waals surface area contributed by atoms with Gasteiger partial charge in [0.15, 0.2) is 0 Å². The highest BCUT2D eigenvalue weighted by atomic mass is 16.2. The molecule has 0 radical (unpaired) electrons. The predicted octanol–water partition coefficient (Wildman–Crippen LogP) is 3.12. The van der Waals surface area contributed by atoms with E-state index in [9.17, 15) is 4.79 Å². The van der Waals surface area contributed by atoms with Gasteiger partial charge in [-0.2, -0.15) is 0 Å². The summed E-state index contributed by atoms with van der Waals surface area (Å²) >= 11 is 0. The number of carbonyl (C=O) groups excluding carboxylic acids is 1. The summed E-state index contributed by atoms with van der Waals surface area (Å²) in [6.07, 6.45) is 14.3. The lowest BCUT2D eigenvalue weighted by Gasteiger charge is -2.44. The molecule has 4 aliphatic rings. The maximum Gasteiger partial charge on any atom is 0.226 e. The summed E-state index contributed by atoms with van der Waals surface area (Å²) in [4.78, 5) is 20.8. The van der Waals surface area contributed by atoms with E-state index in [4.69, 9.17) is 0 Å². The van der Waals surface area contributed by atoms with Gasteiger partial charge in [-0.1, -0.05) is 19.3 Å². The van der Waals surface area contributed by atoms with E-state index < -0.39 is 0 Å². The zero-order valence-corrected chi connectivity index (χ0v) is 16.0. The Balaban J connectivity index is 1.38. The molecule has 0 bridgehead atoms. The molecule has 1 unspecified atom stereocenters. The van der Waals surface area contributed by atoms with Gasteiger partial charge in [-0.15, -0.1) is 0 Å². The Hall–Kier alpha value is -0.610. The Bertz CT molecular complexity index is 438. The summed E-state index contributed by atoms with van der Waals surface area (Å²) in [6, 6.07) is 1.28. The SMILES string of the molecule is O=C(C1CCC1)N(CCN1CCCC1)C1CCCN(C2CCCC2)C1. The number of nitrogens with zero attached hydrogens (tertiary/aromatic N) is 3. The van der Waals surface area contributed by atoms with Crippen LogP contribution in [0.3, 0.4) is 0 Å². The maximum atomic E-state index is 13.1. The minimum atomic E-state index is 0.348. The van der Waals surface area contributed by atoms with Crippen LogP contribution in [0.1, 0.15) is 70.6 Å². The quantitative estimate of drug-likeness (QED) is 0.739. The van der Waals surface area contributed by atoms with Crippen LogP contribution in [0.5, 0.6) is 0 Å². The van der Waals surface area contributed by atoms with Crippen molar-refractivity contribution in [1.29, 1.82) is 0 Å². The Morgan fingerprint density at radius 3 is 2.28 bits per heavy atom. The van der Waals surface area contributed by atoms with Gasteiger partial charge in [0.2, 0.25) is 5.91 Å². The second kappa shape index (κ2) is 8.39. The fraction of sp³-hybridized carbons (Fsp3) is 0.952. The van der Waals surface area contributed by atoms with Gasteiger partial charge in [0.05, 0.1) is 0 Å². The molecule has 25 heavy (non-hydrogen) atoms. The summed E-state index contributed by atoms with van der Waals surface area (Å²) in [5.41, 5.74) is 0. The molecule has 2 aliphatic carbocycles. The Kier molecular flexibility index (Phi) is 5.97. The van der Waals surface area contributed by atoms with Crippen LogP contribution in [0.25, 0.3) is 0 Å². The van der Waals surface area contributed by atoms with Gasteiger partial charge >= 0.3 is 0 Å². The molecule has 4 heteroatoms. The van der Waals surface area contributed by atoms with Crippen LogP contribution in [0.4, 0.5) is 0 Å². The van der Waals surface area contributed by atoms with E-state index in [1.807, 2.05) is 0 Å². The molecule has 142 valence electrons. The lowest BCUT2D eigenvalue weighted by molar-refractivity contribution is -0.142. The lowest BCUT2D eigenvalue weighted by Crippen LogP contribution is -2.55. The second-order valence-corrected chi connectivity index (χ2v) is 8.94. The van der Waals surface area contributed by atoms with E-state index in [1.165, 1.54) is 77.4 Å². The van der Waals surface area contributed by atoms with Crippen molar-refractivity contribution in [2.75, 3.05) is 39.3 Å². The standard InChI is InChI=1S/C21H37N3O/c25-21(18-7-5-8-18)24(16-15-22-12-3-4-13-22)20-11-6-14-23(17-20)19-9-1-2-10-19/h18-20H,1-17H2. The molecule has 1 amide bonds. The Labute approximate surface area is 153 Å². The number of hydrogen-bond donors (Lipinski definition) is 0. The summed E-state index contributed by atoms with van der Waals surface area (Å²) in [7, 11) is 0. The van der Waals surface area contributed by atoms with Crippen molar-refractivity contribution in [3.8, 4) is 0 Å². The molecule has 0 aromatic heterocycles. The van der Waals surface area contributed by atoms with Gasteiger partial charge in [-0.3, -0.25) is 9.69 Å². The predicted molar refractivity (Wildman–Crippen MR) is 102 cm³/mol. The van der Waals surface area contributed by atoms with Crippen molar-refractivity contribution >= 4 is 5.91 Å². The molecule has 2 heterocycles. The van der Waals surface area contributed by atoms with Gasteiger partial charge in [-0.25, -0.2) is 0 Å². The molecule has 2 aliphatic heterocycles. The van der Waals surface area contributed by atoms with Gasteiger partial charge in [0.1, 0.15) is 0 Å². The van der Waals surface area contributed by atoms with Crippen LogP contribution >= 0.6 is 0 Å². The highest BCUT2D eigenvalue weighted by Gasteiger charge is 2.36. The molecule has 0 spiro atoms. The minimum absolute atomic E-state index is 0.348. The van der Waals surface area contributed by atoms with Crippen LogP contribution in [0.2, 0.25) is 0 Å². The second-order valence-electron chi connectivity index (χ2n) is 8.94. The van der Waals surface area contributed by atoms with Crippen LogP contribution < -0.4 is 0 Å². The zero-order valence-electron chi connectivity index (χ0n) is 16.0. The third kappa shape index (κ3) is 4.21. The monoisotopic (exact) mass is 347 g/mol. The van der Waals surface area contributed by atoms with Crippen LogP contribution in [-0.4, -0.2) is 72.0 Å². The molecular formula is C21H37N3O. The van der Waals surface area contributed by atoms with E-state index in [2.05, 4.69) is 14.7 Å². The fourth-order valence-corrected chi connectivity index (χ4v) is 5.46. The molecule has 1 atom stereocenters. The summed E-state index contributed by atoms with van der Waals surface area (Å²) in [5, 5.41) is 0. The molecule has 0 N–H and O–H groups in total. The van der Waals surface area contributed by atoms with E-state index in [1.54, 1.807) is 0 Å². The molecule has 0 aromatic carbocycles. The number of carbonyl (C=O) groups is 1. The lowest BCUT2D eigenvalue weighted by atomic mass is 9.83. The van der Waals surface area contributed by atoms with Gasteiger partial charge < -0.3 is 9.80 Å². The number of amides is 1. The number of rotatable bonds is 6. The number of hydrogen-bond acceptors (Lipinski definition) is 3. The highest BCUT2D eigenvalue weighted by Crippen LogP contribution is 2.32. The van der Waals surface area contributed by atoms with Crippen LogP contribution in [0, 0.1) is 5.92 Å². The smallest absolute Gasteiger partial charge is 0.226 e. The van der Waals surface area contributed by atoms with E-state index >= 15 is 0 Å². The van der Waals surface area contributed by atoms with Crippen molar-refractivity contribution in [1.82, 2.24) is 14.7 Å². The van der Waals surface area contributed by atoms with Gasteiger partial charge in [-0.05, 0) is 71.0 Å². The first-order valence-electron chi connectivity index (χ1n) is 11.1. The van der Waals surface area contributed by atoms with Crippen LogP contribution in [-0.2, 0) is 4.79 Å². The third-order valence-electron chi connectivity index (χ3n) is 7.30. The first kappa shape index (κ1) is 17.8. The number of likely N-dealkylation sites (tertiary alicyclic amines) is 2. The maximum absolute atomic E-state index is 13.1. The summed E-state index contributed by atoms with van der Waals surface area (Å²) in [6.45, 7) is 6.95. The topological polar surface area (TPSA) is 26.8 Å². The fourth-order valence-electron chi connectivity index (χ4n) is 5.46. The largest absolute Gasteiger partial charge is 0.337 e. The van der Waals surface area contributed by atoms with E-state index in [-0.39, 0.29) is 0 Å². The average molecular weight is 348 g/mol. The van der Waals surface area contributed by atoms with E-state index in [0.29, 0.717) is 17.9 Å². The summed E-state index contributed by atoms with van der Waals surface area (Å²) in [5.74, 6) is 0.837. The van der Waals surface area contributed by atoms with Gasteiger partial charge in [0, 0.05) is 37.6 Å². The van der Waals surface area contributed by atoms with Crippen molar-refractivity contribution in [2.24, 2.45) is 5.92 Å². The third-order valence-corrected chi connectivity index (χ3v) is 7.30. The Morgan fingerprint density at radius 1 is 0.840 bits per heavy atom. The minimum Gasteiger partial charge on any atom is -0.337 e.